The van der Waals surface area contributed by atoms with Crippen molar-refractivity contribution < 1.29 is 9.26 Å². The van der Waals surface area contributed by atoms with E-state index in [4.69, 9.17) is 15.0 Å². The third-order valence-electron chi connectivity index (χ3n) is 2.94. The standard InChI is InChI=1S/C13H15N3O2/c1-13(2,14)12-15-11(18-16-12)10-7-8-5-3-4-6-9(8)17-10/h3-6,10H,7,14H2,1-2H3. The number of fused-ring (bicyclic) bond motifs is 1. The van der Waals surface area contributed by atoms with Gasteiger partial charge in [-0.3, -0.25) is 0 Å². The van der Waals surface area contributed by atoms with Gasteiger partial charge in [0, 0.05) is 6.42 Å². The van der Waals surface area contributed by atoms with Gasteiger partial charge in [-0.2, -0.15) is 4.98 Å². The lowest BCUT2D eigenvalue weighted by atomic mass is 10.1. The van der Waals surface area contributed by atoms with Crippen molar-refractivity contribution in [2.24, 2.45) is 5.73 Å². The Hall–Kier alpha value is -1.88. The van der Waals surface area contributed by atoms with Crippen molar-refractivity contribution in [3.63, 3.8) is 0 Å². The number of nitrogens with zero attached hydrogens (tertiary/aromatic N) is 2. The summed E-state index contributed by atoms with van der Waals surface area (Å²) in [5, 5.41) is 3.90. The number of rotatable bonds is 2. The van der Waals surface area contributed by atoms with Crippen LogP contribution in [-0.4, -0.2) is 10.1 Å². The van der Waals surface area contributed by atoms with Gasteiger partial charge in [0.2, 0.25) is 0 Å². The zero-order valence-electron chi connectivity index (χ0n) is 10.4. The molecule has 18 heavy (non-hydrogen) atoms. The van der Waals surface area contributed by atoms with Gasteiger partial charge in [-0.05, 0) is 25.5 Å². The second-order valence-corrected chi connectivity index (χ2v) is 5.10. The molecule has 0 amide bonds. The lowest BCUT2D eigenvalue weighted by Gasteiger charge is -2.11. The van der Waals surface area contributed by atoms with Crippen molar-refractivity contribution >= 4 is 0 Å². The van der Waals surface area contributed by atoms with Crippen LogP contribution < -0.4 is 10.5 Å². The Bertz CT molecular complexity index is 547. The summed E-state index contributed by atoms with van der Waals surface area (Å²) in [6, 6.07) is 7.93. The summed E-state index contributed by atoms with van der Waals surface area (Å²) in [6.45, 7) is 3.68. The highest BCUT2D eigenvalue weighted by Crippen LogP contribution is 2.35. The Kier molecular flexibility index (Phi) is 2.38. The molecule has 0 saturated carbocycles. The highest BCUT2D eigenvalue weighted by molar-refractivity contribution is 5.37. The zero-order valence-corrected chi connectivity index (χ0v) is 10.4. The Labute approximate surface area is 105 Å². The molecule has 0 bridgehead atoms. The molecule has 5 nitrogen and oxygen atoms in total. The van der Waals surface area contributed by atoms with E-state index >= 15 is 0 Å². The van der Waals surface area contributed by atoms with Crippen molar-refractivity contribution in [1.29, 1.82) is 0 Å². The fourth-order valence-corrected chi connectivity index (χ4v) is 1.95. The second-order valence-electron chi connectivity index (χ2n) is 5.10. The number of aromatic nitrogens is 2. The highest BCUT2D eigenvalue weighted by Gasteiger charge is 2.31. The molecule has 5 heteroatoms. The van der Waals surface area contributed by atoms with E-state index in [-0.39, 0.29) is 6.10 Å². The SMILES string of the molecule is CC(C)(N)c1noc(C2Cc3ccccc3O2)n1. The molecule has 1 aliphatic rings. The molecule has 1 unspecified atom stereocenters. The maximum atomic E-state index is 5.93. The van der Waals surface area contributed by atoms with E-state index in [1.165, 1.54) is 0 Å². The van der Waals surface area contributed by atoms with Crippen LogP contribution in [0.1, 0.15) is 37.2 Å². The maximum absolute atomic E-state index is 5.93. The summed E-state index contributed by atoms with van der Waals surface area (Å²) in [4.78, 5) is 4.32. The first kappa shape index (κ1) is 11.2. The van der Waals surface area contributed by atoms with Crippen LogP contribution in [-0.2, 0) is 12.0 Å². The second kappa shape index (κ2) is 3.81. The first-order chi connectivity index (χ1) is 8.54. The Morgan fingerprint density at radius 3 is 2.78 bits per heavy atom. The van der Waals surface area contributed by atoms with E-state index in [9.17, 15) is 0 Å². The normalized spacial score (nSPS) is 18.5. The lowest BCUT2D eigenvalue weighted by molar-refractivity contribution is 0.183. The quantitative estimate of drug-likeness (QED) is 0.875. The minimum absolute atomic E-state index is 0.203. The minimum atomic E-state index is -0.604. The number of nitrogens with two attached hydrogens (primary N) is 1. The van der Waals surface area contributed by atoms with Crippen molar-refractivity contribution in [1.82, 2.24) is 10.1 Å². The monoisotopic (exact) mass is 245 g/mol. The number of hydrogen-bond donors (Lipinski definition) is 1. The van der Waals surface area contributed by atoms with Gasteiger partial charge in [-0.1, -0.05) is 23.4 Å². The summed E-state index contributed by atoms with van der Waals surface area (Å²) < 4.78 is 11.0. The Morgan fingerprint density at radius 2 is 2.11 bits per heavy atom. The molecule has 1 aromatic carbocycles. The predicted molar refractivity (Wildman–Crippen MR) is 65.0 cm³/mol. The smallest absolute Gasteiger partial charge is 0.268 e. The molecule has 3 rings (SSSR count). The number of ether oxygens (including phenoxy) is 1. The van der Waals surface area contributed by atoms with Crippen LogP contribution in [0.3, 0.4) is 0 Å². The van der Waals surface area contributed by atoms with E-state index in [1.54, 1.807) is 0 Å². The number of benzene rings is 1. The molecule has 0 saturated heterocycles. The van der Waals surface area contributed by atoms with E-state index in [2.05, 4.69) is 10.1 Å². The molecular formula is C13H15N3O2. The average Bonchev–Trinajstić information content (AvgIpc) is 2.94. The summed E-state index contributed by atoms with van der Waals surface area (Å²) >= 11 is 0. The molecule has 2 heterocycles. The van der Waals surface area contributed by atoms with Crippen LogP contribution in [0, 0.1) is 0 Å². The Balaban J connectivity index is 1.85. The van der Waals surface area contributed by atoms with Gasteiger partial charge in [0.05, 0.1) is 5.54 Å². The van der Waals surface area contributed by atoms with Crippen molar-refractivity contribution in [3.8, 4) is 5.75 Å². The van der Waals surface area contributed by atoms with Crippen LogP contribution in [0.4, 0.5) is 0 Å². The summed E-state index contributed by atoms with van der Waals surface area (Å²) in [5.74, 6) is 1.87. The molecule has 0 fully saturated rings. The van der Waals surface area contributed by atoms with Crippen LogP contribution in [0.5, 0.6) is 5.75 Å². The molecule has 1 aromatic heterocycles. The maximum Gasteiger partial charge on any atom is 0.268 e. The van der Waals surface area contributed by atoms with Gasteiger partial charge in [0.1, 0.15) is 5.75 Å². The molecular weight excluding hydrogens is 230 g/mol. The molecule has 0 radical (unpaired) electrons. The van der Waals surface area contributed by atoms with Crippen molar-refractivity contribution in [2.45, 2.75) is 31.9 Å². The van der Waals surface area contributed by atoms with Gasteiger partial charge in [-0.25, -0.2) is 0 Å². The first-order valence-corrected chi connectivity index (χ1v) is 5.91. The van der Waals surface area contributed by atoms with E-state index in [0.717, 1.165) is 17.7 Å². The number of para-hydroxylation sites is 1. The molecule has 0 spiro atoms. The van der Waals surface area contributed by atoms with Crippen LogP contribution in [0.2, 0.25) is 0 Å². The largest absolute Gasteiger partial charge is 0.480 e. The topological polar surface area (TPSA) is 74.2 Å². The van der Waals surface area contributed by atoms with E-state index in [1.807, 2.05) is 38.1 Å². The average molecular weight is 245 g/mol. The Morgan fingerprint density at radius 1 is 1.33 bits per heavy atom. The third kappa shape index (κ3) is 1.86. The highest BCUT2D eigenvalue weighted by atomic mass is 16.5. The van der Waals surface area contributed by atoms with Crippen LogP contribution >= 0.6 is 0 Å². The van der Waals surface area contributed by atoms with E-state index < -0.39 is 5.54 Å². The van der Waals surface area contributed by atoms with Gasteiger partial charge in [0.15, 0.2) is 11.9 Å². The molecule has 1 atom stereocenters. The fourth-order valence-electron chi connectivity index (χ4n) is 1.95. The zero-order chi connectivity index (χ0) is 12.8. The van der Waals surface area contributed by atoms with Crippen LogP contribution in [0.25, 0.3) is 0 Å². The van der Waals surface area contributed by atoms with Gasteiger partial charge in [0.25, 0.3) is 5.89 Å². The lowest BCUT2D eigenvalue weighted by Crippen LogP contribution is -2.30. The van der Waals surface area contributed by atoms with Crippen molar-refractivity contribution in [3.05, 3.63) is 41.5 Å². The first-order valence-electron chi connectivity index (χ1n) is 5.91. The fraction of sp³-hybridized carbons (Fsp3) is 0.385. The summed E-state index contributed by atoms with van der Waals surface area (Å²) in [5.41, 5.74) is 6.48. The van der Waals surface area contributed by atoms with Crippen LogP contribution in [0.15, 0.2) is 28.8 Å². The number of hydrogen-bond acceptors (Lipinski definition) is 5. The molecule has 2 aromatic rings. The van der Waals surface area contributed by atoms with Gasteiger partial charge in [-0.15, -0.1) is 0 Å². The van der Waals surface area contributed by atoms with Gasteiger partial charge >= 0.3 is 0 Å². The summed E-state index contributed by atoms with van der Waals surface area (Å²) in [7, 11) is 0. The predicted octanol–water partition coefficient (Wildman–Crippen LogP) is 1.94. The van der Waals surface area contributed by atoms with Crippen molar-refractivity contribution in [2.75, 3.05) is 0 Å². The molecule has 94 valence electrons. The van der Waals surface area contributed by atoms with E-state index in [0.29, 0.717) is 11.7 Å². The minimum Gasteiger partial charge on any atom is -0.480 e. The summed E-state index contributed by atoms with van der Waals surface area (Å²) in [6.07, 6.45) is 0.550. The molecule has 0 aliphatic carbocycles. The molecule has 1 aliphatic heterocycles. The third-order valence-corrected chi connectivity index (χ3v) is 2.94. The molecule has 2 N–H and O–H groups in total. The van der Waals surface area contributed by atoms with Gasteiger partial charge < -0.3 is 15.0 Å².